The van der Waals surface area contributed by atoms with E-state index in [-0.39, 0.29) is 30.4 Å². The SMILES string of the molecule is CCCCC(CC)COC(=O)C(C)(CC)CC(CC)C(=O)OCCN1CCCCCC1=O. The van der Waals surface area contributed by atoms with Crippen LogP contribution in [0.4, 0.5) is 0 Å². The van der Waals surface area contributed by atoms with Gasteiger partial charge in [-0.05, 0) is 51.4 Å². The molecule has 0 spiro atoms. The molecular weight excluding hydrogens is 406 g/mol. The standard InChI is InChI=1S/C26H47NO5/c1-6-10-14-21(7-2)20-32-25(30)26(5,9-4)19-22(8-3)24(29)31-18-17-27-16-13-11-12-15-23(27)28/h21-22H,6-20H2,1-5H3. The van der Waals surface area contributed by atoms with Gasteiger partial charge in [0, 0.05) is 13.0 Å². The van der Waals surface area contributed by atoms with E-state index in [1.54, 1.807) is 4.90 Å². The molecule has 1 fully saturated rings. The van der Waals surface area contributed by atoms with Gasteiger partial charge in [-0.2, -0.15) is 0 Å². The molecule has 3 atom stereocenters. The summed E-state index contributed by atoms with van der Waals surface area (Å²) < 4.78 is 11.3. The molecule has 0 saturated carbocycles. The van der Waals surface area contributed by atoms with Crippen LogP contribution in [0.3, 0.4) is 0 Å². The minimum atomic E-state index is -0.705. The molecular formula is C26H47NO5. The molecule has 0 aromatic rings. The Balaban J connectivity index is 2.57. The predicted molar refractivity (Wildman–Crippen MR) is 127 cm³/mol. The first-order valence-electron chi connectivity index (χ1n) is 12.9. The molecule has 6 heteroatoms. The molecule has 1 aliphatic heterocycles. The zero-order valence-corrected chi connectivity index (χ0v) is 21.2. The van der Waals surface area contributed by atoms with Crippen molar-refractivity contribution in [2.24, 2.45) is 17.3 Å². The van der Waals surface area contributed by atoms with Crippen molar-refractivity contribution in [3.8, 4) is 0 Å². The molecule has 6 nitrogen and oxygen atoms in total. The molecule has 1 saturated heterocycles. The smallest absolute Gasteiger partial charge is 0.311 e. The van der Waals surface area contributed by atoms with E-state index in [9.17, 15) is 14.4 Å². The van der Waals surface area contributed by atoms with Gasteiger partial charge in [0.25, 0.3) is 0 Å². The molecule has 0 bridgehead atoms. The minimum absolute atomic E-state index is 0.149. The summed E-state index contributed by atoms with van der Waals surface area (Å²) in [6.45, 7) is 12.0. The summed E-state index contributed by atoms with van der Waals surface area (Å²) in [5.74, 6) is -0.299. The molecule has 32 heavy (non-hydrogen) atoms. The van der Waals surface area contributed by atoms with Gasteiger partial charge in [0.05, 0.1) is 24.5 Å². The molecule has 1 rings (SSSR count). The van der Waals surface area contributed by atoms with Gasteiger partial charge in [-0.1, -0.05) is 53.4 Å². The van der Waals surface area contributed by atoms with Crippen molar-refractivity contribution in [2.75, 3.05) is 26.3 Å². The Morgan fingerprint density at radius 1 is 1.06 bits per heavy atom. The van der Waals surface area contributed by atoms with E-state index in [1.165, 1.54) is 0 Å². The lowest BCUT2D eigenvalue weighted by Gasteiger charge is -2.30. The molecule has 186 valence electrons. The fraction of sp³-hybridized carbons (Fsp3) is 0.885. The molecule has 0 aliphatic carbocycles. The maximum atomic E-state index is 12.9. The summed E-state index contributed by atoms with van der Waals surface area (Å²) >= 11 is 0. The Morgan fingerprint density at radius 3 is 2.44 bits per heavy atom. The number of nitrogens with zero attached hydrogens (tertiary/aromatic N) is 1. The fourth-order valence-electron chi connectivity index (χ4n) is 4.23. The first kappa shape index (κ1) is 28.4. The van der Waals surface area contributed by atoms with Crippen molar-refractivity contribution in [2.45, 2.75) is 105 Å². The van der Waals surface area contributed by atoms with Crippen LogP contribution in [0.1, 0.15) is 105 Å². The molecule has 1 amide bonds. The highest BCUT2D eigenvalue weighted by Crippen LogP contribution is 2.34. The van der Waals surface area contributed by atoms with Crippen molar-refractivity contribution >= 4 is 17.8 Å². The minimum Gasteiger partial charge on any atom is -0.465 e. The van der Waals surface area contributed by atoms with Gasteiger partial charge in [0.2, 0.25) is 5.91 Å². The Morgan fingerprint density at radius 2 is 1.81 bits per heavy atom. The number of esters is 2. The first-order valence-corrected chi connectivity index (χ1v) is 12.9. The molecule has 0 aromatic heterocycles. The number of amides is 1. The first-order chi connectivity index (χ1) is 15.3. The van der Waals surface area contributed by atoms with Gasteiger partial charge in [0.1, 0.15) is 6.61 Å². The molecule has 1 aliphatic rings. The zero-order chi connectivity index (χ0) is 24.0. The van der Waals surface area contributed by atoms with E-state index >= 15 is 0 Å². The lowest BCUT2D eigenvalue weighted by molar-refractivity contribution is -0.160. The number of carbonyl (C=O) groups excluding carboxylic acids is 3. The number of hydrogen-bond acceptors (Lipinski definition) is 5. The third-order valence-electron chi connectivity index (χ3n) is 7.07. The van der Waals surface area contributed by atoms with Crippen LogP contribution in [0.25, 0.3) is 0 Å². The number of likely N-dealkylation sites (tertiary alicyclic amines) is 1. The van der Waals surface area contributed by atoms with Crippen molar-refractivity contribution in [1.29, 1.82) is 0 Å². The van der Waals surface area contributed by atoms with Gasteiger partial charge in [-0.15, -0.1) is 0 Å². The normalized spacial score (nSPS) is 18.4. The highest BCUT2D eigenvalue weighted by atomic mass is 16.5. The zero-order valence-electron chi connectivity index (χ0n) is 21.2. The Hall–Kier alpha value is -1.59. The highest BCUT2D eigenvalue weighted by Gasteiger charge is 2.38. The van der Waals surface area contributed by atoms with E-state index in [4.69, 9.17) is 9.47 Å². The second-order valence-electron chi connectivity index (χ2n) is 9.60. The lowest BCUT2D eigenvalue weighted by Crippen LogP contribution is -2.36. The average Bonchev–Trinajstić information content (AvgIpc) is 3.01. The van der Waals surface area contributed by atoms with Gasteiger partial charge in [0.15, 0.2) is 0 Å². The van der Waals surface area contributed by atoms with Gasteiger partial charge >= 0.3 is 11.9 Å². The summed E-state index contributed by atoms with van der Waals surface area (Å²) in [5.41, 5.74) is -0.705. The van der Waals surface area contributed by atoms with Crippen LogP contribution in [-0.4, -0.2) is 49.0 Å². The highest BCUT2D eigenvalue weighted by molar-refractivity contribution is 5.79. The van der Waals surface area contributed by atoms with Crippen LogP contribution < -0.4 is 0 Å². The Kier molecular flexibility index (Phi) is 13.6. The maximum Gasteiger partial charge on any atom is 0.311 e. The van der Waals surface area contributed by atoms with E-state index < -0.39 is 5.41 Å². The van der Waals surface area contributed by atoms with Crippen LogP contribution in [0.5, 0.6) is 0 Å². The average molecular weight is 454 g/mol. The van der Waals surface area contributed by atoms with Crippen LogP contribution in [-0.2, 0) is 23.9 Å². The van der Waals surface area contributed by atoms with E-state index in [2.05, 4.69) is 13.8 Å². The number of hydrogen-bond donors (Lipinski definition) is 0. The fourth-order valence-corrected chi connectivity index (χ4v) is 4.23. The second-order valence-corrected chi connectivity index (χ2v) is 9.60. The van der Waals surface area contributed by atoms with E-state index in [1.807, 2.05) is 20.8 Å². The monoisotopic (exact) mass is 453 g/mol. The van der Waals surface area contributed by atoms with E-state index in [0.29, 0.717) is 44.8 Å². The summed E-state index contributed by atoms with van der Waals surface area (Å²) in [6.07, 6.45) is 9.61. The predicted octanol–water partition coefficient (Wildman–Crippen LogP) is 5.52. The Labute approximate surface area is 195 Å². The summed E-state index contributed by atoms with van der Waals surface area (Å²) in [4.78, 5) is 39.6. The number of unbranched alkanes of at least 4 members (excludes halogenated alkanes) is 1. The van der Waals surface area contributed by atoms with Crippen molar-refractivity contribution in [3.05, 3.63) is 0 Å². The lowest BCUT2D eigenvalue weighted by atomic mass is 9.78. The number of rotatable bonds is 15. The molecule has 1 heterocycles. The van der Waals surface area contributed by atoms with Gasteiger partial charge in [-0.3, -0.25) is 14.4 Å². The van der Waals surface area contributed by atoms with Gasteiger partial charge < -0.3 is 14.4 Å². The summed E-state index contributed by atoms with van der Waals surface area (Å²) in [6, 6.07) is 0. The topological polar surface area (TPSA) is 72.9 Å². The van der Waals surface area contributed by atoms with Crippen molar-refractivity contribution in [3.63, 3.8) is 0 Å². The third kappa shape index (κ3) is 9.50. The largest absolute Gasteiger partial charge is 0.465 e. The summed E-state index contributed by atoms with van der Waals surface area (Å²) in [7, 11) is 0. The van der Waals surface area contributed by atoms with Crippen molar-refractivity contribution < 1.29 is 23.9 Å². The van der Waals surface area contributed by atoms with Crippen LogP contribution in [0.2, 0.25) is 0 Å². The second kappa shape index (κ2) is 15.3. The van der Waals surface area contributed by atoms with Gasteiger partial charge in [-0.25, -0.2) is 0 Å². The maximum absolute atomic E-state index is 12.9. The Bertz CT molecular complexity index is 579. The van der Waals surface area contributed by atoms with Crippen LogP contribution in [0, 0.1) is 17.3 Å². The quantitative estimate of drug-likeness (QED) is 0.305. The molecule has 0 N–H and O–H groups in total. The van der Waals surface area contributed by atoms with Crippen LogP contribution in [0.15, 0.2) is 0 Å². The number of carbonyl (C=O) groups is 3. The van der Waals surface area contributed by atoms with E-state index in [0.717, 1.165) is 51.5 Å². The third-order valence-corrected chi connectivity index (χ3v) is 7.07. The molecule has 3 unspecified atom stereocenters. The molecule has 0 radical (unpaired) electrons. The number of ether oxygens (including phenoxy) is 2. The van der Waals surface area contributed by atoms with Crippen LogP contribution >= 0.6 is 0 Å². The van der Waals surface area contributed by atoms with Crippen molar-refractivity contribution in [1.82, 2.24) is 4.90 Å². The summed E-state index contributed by atoms with van der Waals surface area (Å²) in [5, 5.41) is 0. The molecule has 0 aromatic carbocycles.